The Kier molecular flexibility index (Phi) is 3.68. The summed E-state index contributed by atoms with van der Waals surface area (Å²) in [4.78, 5) is 11.5. The van der Waals surface area contributed by atoms with Crippen molar-refractivity contribution in [1.82, 2.24) is 5.32 Å². The Morgan fingerprint density at radius 1 is 1.25 bits per heavy atom. The molecule has 0 radical (unpaired) electrons. The molecule has 1 fully saturated rings. The van der Waals surface area contributed by atoms with Crippen LogP contribution in [0.3, 0.4) is 0 Å². The second-order valence-electron chi connectivity index (χ2n) is 6.16. The third-order valence-corrected chi connectivity index (χ3v) is 4.37. The lowest BCUT2D eigenvalue weighted by Crippen LogP contribution is -2.31. The van der Waals surface area contributed by atoms with Crippen molar-refractivity contribution in [2.75, 3.05) is 13.2 Å². The molecule has 1 N–H and O–H groups in total. The fourth-order valence-corrected chi connectivity index (χ4v) is 2.35. The van der Waals surface area contributed by atoms with Crippen LogP contribution in [0.15, 0.2) is 0 Å². The molecule has 1 saturated carbocycles. The average Bonchev–Trinajstić information content (AvgIpc) is 2.51. The Labute approximate surface area is 98.9 Å². The van der Waals surface area contributed by atoms with Crippen molar-refractivity contribution in [2.45, 2.75) is 47.6 Å². The maximum absolute atomic E-state index is 11.5. The molecule has 0 unspecified atom stereocenters. The third kappa shape index (κ3) is 2.57. The van der Waals surface area contributed by atoms with Crippen LogP contribution in [0.2, 0.25) is 0 Å². The molecule has 0 aliphatic heterocycles. The van der Waals surface area contributed by atoms with Gasteiger partial charge in [-0.05, 0) is 30.6 Å². The number of ether oxygens (including phenoxy) is 1. The summed E-state index contributed by atoms with van der Waals surface area (Å²) in [5, 5.41) is 2.95. The van der Waals surface area contributed by atoms with Crippen LogP contribution >= 0.6 is 0 Å². The first kappa shape index (κ1) is 13.5. The van der Waals surface area contributed by atoms with Crippen LogP contribution in [-0.4, -0.2) is 25.2 Å². The maximum atomic E-state index is 11.5. The lowest BCUT2D eigenvalue weighted by Gasteiger charge is -2.09. The molecule has 1 amide bonds. The van der Waals surface area contributed by atoms with E-state index in [-0.39, 0.29) is 18.6 Å². The molecule has 0 spiro atoms. The van der Waals surface area contributed by atoms with Crippen molar-refractivity contribution in [3.63, 3.8) is 0 Å². The topological polar surface area (TPSA) is 38.3 Å². The van der Waals surface area contributed by atoms with Gasteiger partial charge in [-0.3, -0.25) is 4.79 Å². The molecule has 1 rings (SSSR count). The molecule has 0 heterocycles. The van der Waals surface area contributed by atoms with Crippen LogP contribution < -0.4 is 5.32 Å². The number of carbonyl (C=O) groups is 1. The highest BCUT2D eigenvalue weighted by Gasteiger charge is 2.64. The SMILES string of the molecule is CC(C)OCC(=O)NCC1C(C)(C)C1(C)C. The Balaban J connectivity index is 2.24. The largest absolute Gasteiger partial charge is 0.369 e. The highest BCUT2D eigenvalue weighted by Crippen LogP contribution is 2.67. The van der Waals surface area contributed by atoms with Gasteiger partial charge in [-0.1, -0.05) is 27.7 Å². The van der Waals surface area contributed by atoms with E-state index >= 15 is 0 Å². The van der Waals surface area contributed by atoms with E-state index < -0.39 is 0 Å². The highest BCUT2D eigenvalue weighted by molar-refractivity contribution is 5.77. The van der Waals surface area contributed by atoms with Gasteiger partial charge in [0.2, 0.25) is 5.91 Å². The van der Waals surface area contributed by atoms with E-state index in [9.17, 15) is 4.79 Å². The van der Waals surface area contributed by atoms with Crippen LogP contribution in [0, 0.1) is 16.7 Å². The molecule has 0 atom stereocenters. The van der Waals surface area contributed by atoms with E-state index in [1.807, 2.05) is 13.8 Å². The Hall–Kier alpha value is -0.570. The standard InChI is InChI=1S/C13H25NO2/c1-9(2)16-8-11(15)14-7-10-12(3,4)13(10,5)6/h9-10H,7-8H2,1-6H3,(H,14,15). The highest BCUT2D eigenvalue weighted by atomic mass is 16.5. The summed E-state index contributed by atoms with van der Waals surface area (Å²) in [5.41, 5.74) is 0.665. The van der Waals surface area contributed by atoms with E-state index in [1.165, 1.54) is 0 Å². The van der Waals surface area contributed by atoms with Crippen LogP contribution in [0.1, 0.15) is 41.5 Å². The first-order valence-electron chi connectivity index (χ1n) is 6.08. The molecule has 94 valence electrons. The fraction of sp³-hybridized carbons (Fsp3) is 0.923. The number of rotatable bonds is 5. The van der Waals surface area contributed by atoms with E-state index in [0.717, 1.165) is 6.54 Å². The lowest BCUT2D eigenvalue weighted by molar-refractivity contribution is -0.127. The van der Waals surface area contributed by atoms with Crippen molar-refractivity contribution in [3.05, 3.63) is 0 Å². The summed E-state index contributed by atoms with van der Waals surface area (Å²) in [6.07, 6.45) is 0.111. The quantitative estimate of drug-likeness (QED) is 0.782. The minimum atomic E-state index is -0.00722. The van der Waals surface area contributed by atoms with E-state index in [4.69, 9.17) is 4.74 Å². The predicted molar refractivity (Wildman–Crippen MR) is 65.1 cm³/mol. The van der Waals surface area contributed by atoms with Gasteiger partial charge in [-0.2, -0.15) is 0 Å². The lowest BCUT2D eigenvalue weighted by atomic mass is 10.0. The molecule has 3 heteroatoms. The average molecular weight is 227 g/mol. The summed E-state index contributed by atoms with van der Waals surface area (Å²) >= 11 is 0. The smallest absolute Gasteiger partial charge is 0.246 e. The zero-order valence-corrected chi connectivity index (χ0v) is 11.4. The van der Waals surface area contributed by atoms with Crippen molar-refractivity contribution in [2.24, 2.45) is 16.7 Å². The first-order chi connectivity index (χ1) is 7.19. The van der Waals surface area contributed by atoms with Crippen molar-refractivity contribution >= 4 is 5.91 Å². The predicted octanol–water partition coefficient (Wildman–Crippen LogP) is 2.21. The molecule has 1 aliphatic rings. The monoisotopic (exact) mass is 227 g/mol. The van der Waals surface area contributed by atoms with Crippen molar-refractivity contribution < 1.29 is 9.53 Å². The number of hydrogen-bond donors (Lipinski definition) is 1. The van der Waals surface area contributed by atoms with Crippen molar-refractivity contribution in [3.8, 4) is 0 Å². The molecule has 0 aromatic rings. The summed E-state index contributed by atoms with van der Waals surface area (Å²) in [7, 11) is 0. The molecule has 0 saturated heterocycles. The Bertz CT molecular complexity index is 255. The third-order valence-electron chi connectivity index (χ3n) is 4.37. The van der Waals surface area contributed by atoms with Crippen LogP contribution in [0.5, 0.6) is 0 Å². The second-order valence-corrected chi connectivity index (χ2v) is 6.16. The number of nitrogens with one attached hydrogen (secondary N) is 1. The molecule has 0 bridgehead atoms. The summed E-state index contributed by atoms with van der Waals surface area (Å²) in [5.74, 6) is 0.565. The summed E-state index contributed by atoms with van der Waals surface area (Å²) in [6.45, 7) is 13.8. The van der Waals surface area contributed by atoms with Gasteiger partial charge >= 0.3 is 0 Å². The van der Waals surface area contributed by atoms with Gasteiger partial charge in [0, 0.05) is 6.54 Å². The van der Waals surface area contributed by atoms with Crippen LogP contribution in [-0.2, 0) is 9.53 Å². The molecule has 0 aromatic heterocycles. The molecule has 1 aliphatic carbocycles. The van der Waals surface area contributed by atoms with E-state index in [2.05, 4.69) is 33.0 Å². The summed E-state index contributed by atoms with van der Waals surface area (Å²) in [6, 6.07) is 0. The maximum Gasteiger partial charge on any atom is 0.246 e. The van der Waals surface area contributed by atoms with Gasteiger partial charge in [0.15, 0.2) is 0 Å². The normalized spacial score (nSPS) is 22.2. The van der Waals surface area contributed by atoms with Gasteiger partial charge in [0.25, 0.3) is 0 Å². The molecule has 0 aromatic carbocycles. The number of carbonyl (C=O) groups excluding carboxylic acids is 1. The van der Waals surface area contributed by atoms with Gasteiger partial charge in [0.1, 0.15) is 6.61 Å². The van der Waals surface area contributed by atoms with Crippen LogP contribution in [0.4, 0.5) is 0 Å². The Morgan fingerprint density at radius 2 is 1.75 bits per heavy atom. The minimum Gasteiger partial charge on any atom is -0.369 e. The summed E-state index contributed by atoms with van der Waals surface area (Å²) < 4.78 is 5.25. The van der Waals surface area contributed by atoms with Crippen LogP contribution in [0.25, 0.3) is 0 Å². The van der Waals surface area contributed by atoms with Crippen molar-refractivity contribution in [1.29, 1.82) is 0 Å². The van der Waals surface area contributed by atoms with E-state index in [1.54, 1.807) is 0 Å². The second kappa shape index (κ2) is 4.36. The molecule has 16 heavy (non-hydrogen) atoms. The van der Waals surface area contributed by atoms with Gasteiger partial charge in [0.05, 0.1) is 6.10 Å². The fourth-order valence-electron chi connectivity index (χ4n) is 2.35. The molecular weight excluding hydrogens is 202 g/mol. The van der Waals surface area contributed by atoms with Gasteiger partial charge < -0.3 is 10.1 Å². The minimum absolute atomic E-state index is 0.00722. The van der Waals surface area contributed by atoms with E-state index in [0.29, 0.717) is 16.7 Å². The number of hydrogen-bond acceptors (Lipinski definition) is 2. The van der Waals surface area contributed by atoms with Gasteiger partial charge in [-0.25, -0.2) is 0 Å². The zero-order valence-electron chi connectivity index (χ0n) is 11.4. The Morgan fingerprint density at radius 3 is 2.12 bits per heavy atom. The molecular formula is C13H25NO2. The molecule has 3 nitrogen and oxygen atoms in total. The number of amides is 1. The van der Waals surface area contributed by atoms with Gasteiger partial charge in [-0.15, -0.1) is 0 Å². The zero-order chi connectivity index (χ0) is 12.6. The first-order valence-corrected chi connectivity index (χ1v) is 6.08.